The van der Waals surface area contributed by atoms with Gasteiger partial charge in [-0.25, -0.2) is 9.67 Å². The van der Waals surface area contributed by atoms with Crippen LogP contribution in [-0.4, -0.2) is 44.4 Å². The third-order valence-corrected chi connectivity index (χ3v) is 2.89. The third-order valence-electron chi connectivity index (χ3n) is 2.89. The van der Waals surface area contributed by atoms with Gasteiger partial charge >= 0.3 is 5.97 Å². The fraction of sp³-hybridized carbons (Fsp3) is 0.385. The second kappa shape index (κ2) is 5.68. The van der Waals surface area contributed by atoms with Gasteiger partial charge in [0.25, 0.3) is 0 Å². The molecule has 7 heteroatoms. The van der Waals surface area contributed by atoms with Crippen LogP contribution in [0, 0.1) is 13.8 Å². The number of aromatic nitrogens is 4. The number of aliphatic carboxylic acids is 1. The molecule has 106 valence electrons. The molecule has 0 amide bonds. The highest BCUT2D eigenvalue weighted by Gasteiger charge is 2.09. The maximum atomic E-state index is 10.6. The lowest BCUT2D eigenvalue weighted by atomic mass is 10.4. The number of carboxylic acid groups (broad SMARTS) is 1. The number of carboxylic acids is 1. The first-order valence-corrected chi connectivity index (χ1v) is 6.26. The van der Waals surface area contributed by atoms with Crippen LogP contribution in [0.4, 0.5) is 5.82 Å². The molecule has 0 unspecified atom stereocenters. The molecule has 1 N–H and O–H groups in total. The summed E-state index contributed by atoms with van der Waals surface area (Å²) in [6.45, 7) is 4.24. The first-order chi connectivity index (χ1) is 9.47. The van der Waals surface area contributed by atoms with E-state index in [0.717, 1.165) is 11.4 Å². The normalized spacial score (nSPS) is 10.6. The van der Waals surface area contributed by atoms with E-state index >= 15 is 0 Å². The van der Waals surface area contributed by atoms with Gasteiger partial charge in [-0.1, -0.05) is 0 Å². The molecule has 0 fully saturated rings. The zero-order valence-electron chi connectivity index (χ0n) is 11.7. The molecule has 0 aromatic carbocycles. The maximum absolute atomic E-state index is 10.6. The van der Waals surface area contributed by atoms with Crippen molar-refractivity contribution in [2.24, 2.45) is 0 Å². The van der Waals surface area contributed by atoms with Crippen molar-refractivity contribution in [1.82, 2.24) is 19.7 Å². The van der Waals surface area contributed by atoms with Crippen molar-refractivity contribution in [3.63, 3.8) is 0 Å². The first kappa shape index (κ1) is 14.0. The maximum Gasteiger partial charge on any atom is 0.305 e. The third kappa shape index (κ3) is 3.11. The van der Waals surface area contributed by atoms with E-state index in [4.69, 9.17) is 5.11 Å². The van der Waals surface area contributed by atoms with Crippen LogP contribution in [0.1, 0.15) is 17.8 Å². The van der Waals surface area contributed by atoms with Gasteiger partial charge in [0.1, 0.15) is 5.82 Å². The molecular formula is C13H17N5O2. The van der Waals surface area contributed by atoms with Crippen LogP contribution >= 0.6 is 0 Å². The Morgan fingerprint density at radius 3 is 2.75 bits per heavy atom. The summed E-state index contributed by atoms with van der Waals surface area (Å²) in [5.41, 5.74) is 1.89. The summed E-state index contributed by atoms with van der Waals surface area (Å²) in [6.07, 6.45) is 3.30. The fourth-order valence-corrected chi connectivity index (χ4v) is 1.87. The number of carbonyl (C=O) groups is 1. The molecule has 0 saturated carbocycles. The molecule has 0 spiro atoms. The number of hydrogen-bond acceptors (Lipinski definition) is 5. The highest BCUT2D eigenvalue weighted by molar-refractivity contribution is 5.67. The molecule has 0 bridgehead atoms. The molecule has 7 nitrogen and oxygen atoms in total. The van der Waals surface area contributed by atoms with Gasteiger partial charge in [-0.2, -0.15) is 5.10 Å². The predicted octanol–water partition coefficient (Wildman–Crippen LogP) is 1.19. The molecule has 20 heavy (non-hydrogen) atoms. The van der Waals surface area contributed by atoms with E-state index in [0.29, 0.717) is 18.2 Å². The van der Waals surface area contributed by atoms with E-state index in [-0.39, 0.29) is 6.42 Å². The van der Waals surface area contributed by atoms with Crippen molar-refractivity contribution in [1.29, 1.82) is 0 Å². The van der Waals surface area contributed by atoms with E-state index in [2.05, 4.69) is 15.1 Å². The Kier molecular flexibility index (Phi) is 3.97. The minimum absolute atomic E-state index is 0.0579. The van der Waals surface area contributed by atoms with Crippen LogP contribution in [0.25, 0.3) is 5.82 Å². The summed E-state index contributed by atoms with van der Waals surface area (Å²) in [7, 11) is 1.79. The second-order valence-electron chi connectivity index (χ2n) is 4.64. The summed E-state index contributed by atoms with van der Waals surface area (Å²) < 4.78 is 1.72. The zero-order valence-corrected chi connectivity index (χ0v) is 11.7. The van der Waals surface area contributed by atoms with Crippen molar-refractivity contribution in [2.45, 2.75) is 20.3 Å². The molecule has 0 aliphatic carbocycles. The monoisotopic (exact) mass is 275 g/mol. The van der Waals surface area contributed by atoms with Crippen molar-refractivity contribution in [3.05, 3.63) is 29.8 Å². The smallest absolute Gasteiger partial charge is 0.305 e. The Bertz CT molecular complexity index is 623. The van der Waals surface area contributed by atoms with Gasteiger partial charge in [-0.3, -0.25) is 9.78 Å². The molecule has 2 aromatic rings. The van der Waals surface area contributed by atoms with E-state index in [1.165, 1.54) is 0 Å². The van der Waals surface area contributed by atoms with Gasteiger partial charge in [0.05, 0.1) is 24.5 Å². The van der Waals surface area contributed by atoms with Crippen LogP contribution in [0.5, 0.6) is 0 Å². The summed E-state index contributed by atoms with van der Waals surface area (Å²) in [6, 6.07) is 1.96. The molecule has 0 aliphatic heterocycles. The summed E-state index contributed by atoms with van der Waals surface area (Å²) in [5.74, 6) is 0.408. The summed E-state index contributed by atoms with van der Waals surface area (Å²) in [4.78, 5) is 21.0. The number of rotatable bonds is 5. The minimum atomic E-state index is -0.834. The highest BCUT2D eigenvalue weighted by Crippen LogP contribution is 2.13. The fourth-order valence-electron chi connectivity index (χ4n) is 1.87. The second-order valence-corrected chi connectivity index (χ2v) is 4.64. The van der Waals surface area contributed by atoms with Gasteiger partial charge in [-0.15, -0.1) is 0 Å². The molecule has 0 radical (unpaired) electrons. The molecule has 0 atom stereocenters. The number of aryl methyl sites for hydroxylation is 2. The quantitative estimate of drug-likeness (QED) is 0.882. The molecule has 0 saturated heterocycles. The molecule has 2 heterocycles. The van der Waals surface area contributed by atoms with Gasteiger partial charge < -0.3 is 10.0 Å². The highest BCUT2D eigenvalue weighted by atomic mass is 16.4. The van der Waals surface area contributed by atoms with Crippen LogP contribution in [0.3, 0.4) is 0 Å². The lowest BCUT2D eigenvalue weighted by Gasteiger charge is -2.17. The summed E-state index contributed by atoms with van der Waals surface area (Å²) in [5, 5.41) is 13.1. The van der Waals surface area contributed by atoms with Crippen molar-refractivity contribution in [2.75, 3.05) is 18.5 Å². The van der Waals surface area contributed by atoms with E-state index < -0.39 is 5.97 Å². The van der Waals surface area contributed by atoms with Crippen LogP contribution < -0.4 is 4.90 Å². The van der Waals surface area contributed by atoms with Gasteiger partial charge in [-0.05, 0) is 19.9 Å². The van der Waals surface area contributed by atoms with E-state index in [1.807, 2.05) is 19.9 Å². The topological polar surface area (TPSA) is 84.1 Å². The van der Waals surface area contributed by atoms with E-state index in [1.54, 1.807) is 29.0 Å². The predicted molar refractivity (Wildman–Crippen MR) is 74.2 cm³/mol. The Morgan fingerprint density at radius 1 is 1.40 bits per heavy atom. The molecule has 2 rings (SSSR count). The van der Waals surface area contributed by atoms with Crippen molar-refractivity contribution in [3.8, 4) is 5.82 Å². The minimum Gasteiger partial charge on any atom is -0.481 e. The molecule has 2 aromatic heterocycles. The first-order valence-electron chi connectivity index (χ1n) is 6.26. The average Bonchev–Trinajstić information content (AvgIpc) is 2.75. The Morgan fingerprint density at radius 2 is 2.15 bits per heavy atom. The molecular weight excluding hydrogens is 258 g/mol. The number of anilines is 1. The zero-order chi connectivity index (χ0) is 14.7. The van der Waals surface area contributed by atoms with Crippen LogP contribution in [0.2, 0.25) is 0 Å². The van der Waals surface area contributed by atoms with Gasteiger partial charge in [0.2, 0.25) is 0 Å². The summed E-state index contributed by atoms with van der Waals surface area (Å²) >= 11 is 0. The van der Waals surface area contributed by atoms with Gasteiger partial charge in [0.15, 0.2) is 5.82 Å². The van der Waals surface area contributed by atoms with Crippen molar-refractivity contribution < 1.29 is 9.90 Å². The SMILES string of the molecule is Cc1cc(C)n(-c2cncc(N(C)CCC(=O)O)n2)n1. The Labute approximate surface area is 116 Å². The Balaban J connectivity index is 2.23. The van der Waals surface area contributed by atoms with Crippen LogP contribution in [-0.2, 0) is 4.79 Å². The standard InChI is InChI=1S/C13H17N5O2/c1-9-6-10(2)18(16-9)12-8-14-7-11(15-12)17(3)5-4-13(19)20/h6-8H,4-5H2,1-3H3,(H,19,20). The lowest BCUT2D eigenvalue weighted by molar-refractivity contribution is -0.136. The van der Waals surface area contributed by atoms with Gasteiger partial charge in [0, 0.05) is 19.3 Å². The molecule has 0 aliphatic rings. The average molecular weight is 275 g/mol. The number of hydrogen-bond donors (Lipinski definition) is 1. The van der Waals surface area contributed by atoms with E-state index in [9.17, 15) is 4.79 Å². The number of nitrogens with zero attached hydrogens (tertiary/aromatic N) is 5. The lowest BCUT2D eigenvalue weighted by Crippen LogP contribution is -2.22. The van der Waals surface area contributed by atoms with Crippen LogP contribution in [0.15, 0.2) is 18.5 Å². The largest absolute Gasteiger partial charge is 0.481 e. The Hall–Kier alpha value is -2.44. The van der Waals surface area contributed by atoms with Crippen molar-refractivity contribution >= 4 is 11.8 Å².